The van der Waals surface area contributed by atoms with E-state index < -0.39 is 44.3 Å². The van der Waals surface area contributed by atoms with Gasteiger partial charge in [-0.05, 0) is 36.6 Å². The van der Waals surface area contributed by atoms with Crippen LogP contribution in [0.4, 0.5) is 26.3 Å². The summed E-state index contributed by atoms with van der Waals surface area (Å²) in [4.78, 5) is 0. The van der Waals surface area contributed by atoms with Crippen LogP contribution < -0.4 is 0 Å². The molecular weight excluding hydrogens is 552 g/mol. The van der Waals surface area contributed by atoms with Gasteiger partial charge in [-0.2, -0.15) is 32.4 Å². The number of rotatable bonds is 5. The molecule has 0 heterocycles. The Balaban J connectivity index is 0.00000114. The Morgan fingerprint density at radius 3 is 1.81 bits per heavy atom. The van der Waals surface area contributed by atoms with Crippen molar-refractivity contribution in [2.75, 3.05) is 0 Å². The summed E-state index contributed by atoms with van der Waals surface area (Å²) in [5.41, 5.74) is -0.385. The van der Waals surface area contributed by atoms with Gasteiger partial charge in [-0.25, -0.2) is 0 Å². The molecule has 0 bridgehead atoms. The number of alkyl halides is 6. The first-order valence-corrected chi connectivity index (χ1v) is 16.3. The quantitative estimate of drug-likeness (QED) is 0.211. The molecule has 0 saturated heterocycles. The summed E-state index contributed by atoms with van der Waals surface area (Å²) in [6.45, 7) is 3.94. The van der Waals surface area contributed by atoms with Gasteiger partial charge in [0.05, 0.1) is 11.1 Å². The van der Waals surface area contributed by atoms with Crippen LogP contribution in [0.25, 0.3) is 21.9 Å². The van der Waals surface area contributed by atoms with E-state index in [-0.39, 0.29) is 11.6 Å². The maximum absolute atomic E-state index is 13.4. The predicted molar refractivity (Wildman–Crippen MR) is 115 cm³/mol. The van der Waals surface area contributed by atoms with Gasteiger partial charge in [0.1, 0.15) is 0 Å². The second kappa shape index (κ2) is 11.5. The third kappa shape index (κ3) is 6.80. The third-order valence-corrected chi connectivity index (χ3v) is 4.97. The first-order chi connectivity index (χ1) is 15.0. The first kappa shape index (κ1) is 27.3. The fourth-order valence-corrected chi connectivity index (χ4v) is 3.74. The van der Waals surface area contributed by atoms with Gasteiger partial charge in [-0.15, -0.1) is 34.5 Å². The average molecular weight is 574 g/mol. The zero-order chi connectivity index (χ0) is 24.1. The van der Waals surface area contributed by atoms with E-state index in [0.717, 1.165) is 47.9 Å². The summed E-state index contributed by atoms with van der Waals surface area (Å²) in [7, 11) is 9.87. The van der Waals surface area contributed by atoms with Crippen molar-refractivity contribution in [1.82, 2.24) is 0 Å². The van der Waals surface area contributed by atoms with Crippen molar-refractivity contribution >= 4 is 27.8 Å². The van der Waals surface area contributed by atoms with Crippen LogP contribution in [0, 0.1) is 0 Å². The van der Waals surface area contributed by atoms with Gasteiger partial charge in [0, 0.05) is 0 Å². The summed E-state index contributed by atoms with van der Waals surface area (Å²) in [6.07, 6.45) is -6.74. The molecule has 0 aromatic heterocycles. The molecule has 0 unspecified atom stereocenters. The normalized spacial score (nSPS) is 11.9. The van der Waals surface area contributed by atoms with E-state index in [0.29, 0.717) is 17.4 Å². The molecule has 3 aromatic carbocycles. The zero-order valence-electron chi connectivity index (χ0n) is 17.4. The van der Waals surface area contributed by atoms with E-state index in [1.807, 2.05) is 38.1 Å². The number of aryl methyl sites for hydroxylation is 2. The fourth-order valence-electron chi connectivity index (χ4n) is 3.74. The van der Waals surface area contributed by atoms with Crippen LogP contribution in [-0.2, 0) is 46.0 Å². The molecule has 9 heteroatoms. The summed E-state index contributed by atoms with van der Waals surface area (Å²) >= 11 is -0.826. The van der Waals surface area contributed by atoms with Crippen LogP contribution in [0.15, 0.2) is 42.5 Å². The van der Waals surface area contributed by atoms with Crippen LogP contribution in [0.2, 0.25) is 0 Å². The van der Waals surface area contributed by atoms with Gasteiger partial charge in [-0.1, -0.05) is 37.8 Å². The van der Waals surface area contributed by atoms with Gasteiger partial charge in [-0.3, -0.25) is 0 Å². The van der Waals surface area contributed by atoms with Gasteiger partial charge in [0.2, 0.25) is 0 Å². The molecule has 0 N–H and O–H groups in total. The van der Waals surface area contributed by atoms with Crippen LogP contribution in [0.1, 0.15) is 48.9 Å². The molecule has 3 aromatic rings. The van der Waals surface area contributed by atoms with Crippen molar-refractivity contribution in [2.24, 2.45) is 0 Å². The van der Waals surface area contributed by atoms with Crippen molar-refractivity contribution in [3.63, 3.8) is 0 Å². The van der Waals surface area contributed by atoms with E-state index in [2.05, 4.69) is 0 Å². The number of benzene rings is 2. The molecule has 0 aliphatic carbocycles. The molecule has 0 fully saturated rings. The number of hydrogen-bond donors (Lipinski definition) is 0. The second-order valence-electron chi connectivity index (χ2n) is 7.33. The summed E-state index contributed by atoms with van der Waals surface area (Å²) < 4.78 is 80.1. The molecule has 0 saturated carbocycles. The van der Waals surface area contributed by atoms with Crippen molar-refractivity contribution < 1.29 is 47.2 Å². The average Bonchev–Trinajstić information content (AvgIpc) is 3.10. The molecule has 0 aliphatic heterocycles. The zero-order valence-corrected chi connectivity index (χ0v) is 21.4. The Hall–Kier alpha value is -0.907. The molecule has 0 atom stereocenters. The van der Waals surface area contributed by atoms with Crippen molar-refractivity contribution in [1.29, 1.82) is 0 Å². The van der Waals surface area contributed by atoms with E-state index in [1.165, 1.54) is 0 Å². The Bertz CT molecular complexity index is 1010. The number of halogens is 8. The second-order valence-corrected chi connectivity index (χ2v) is 11.1. The van der Waals surface area contributed by atoms with Crippen molar-refractivity contribution in [3.05, 3.63) is 64.7 Å². The Morgan fingerprint density at radius 1 is 0.812 bits per heavy atom. The monoisotopic (exact) mass is 571 g/mol. The standard InChI is InChI=1S/C23H21F6.2ClH.Zr/c1-3-5-14-9-16-8-7-15(6-4-2)21(20(16)10-14)17-11-18(22(24,25)26)13-19(12-17)23(27,28)29;;;/h7-13H,3-6H2,1-2H3;2*1H;/q-1;;;+2/p-2. The predicted octanol–water partition coefficient (Wildman–Crippen LogP) is 9.54. The molecular formula is C23H21Cl2F6Zr-. The summed E-state index contributed by atoms with van der Waals surface area (Å²) in [5.74, 6) is 0. The van der Waals surface area contributed by atoms with Crippen molar-refractivity contribution in [3.8, 4) is 11.1 Å². The van der Waals surface area contributed by atoms with E-state index in [1.54, 1.807) is 0 Å². The van der Waals surface area contributed by atoms with Crippen molar-refractivity contribution in [2.45, 2.75) is 51.9 Å². The van der Waals surface area contributed by atoms with Crippen LogP contribution in [0.3, 0.4) is 0 Å². The molecule has 174 valence electrons. The minimum absolute atomic E-state index is 0.0464. The minimum atomic E-state index is -4.87. The van der Waals surface area contributed by atoms with Gasteiger partial charge in [0.15, 0.2) is 0 Å². The van der Waals surface area contributed by atoms with Crippen LogP contribution in [0.5, 0.6) is 0 Å². The van der Waals surface area contributed by atoms with Crippen LogP contribution >= 0.6 is 17.0 Å². The first-order valence-electron chi connectivity index (χ1n) is 9.93. The van der Waals surface area contributed by atoms with E-state index in [9.17, 15) is 26.3 Å². The number of hydrogen-bond acceptors (Lipinski definition) is 0. The molecule has 0 spiro atoms. The van der Waals surface area contributed by atoms with Gasteiger partial charge < -0.3 is 0 Å². The molecule has 0 amide bonds. The Morgan fingerprint density at radius 2 is 1.34 bits per heavy atom. The molecule has 0 aliphatic rings. The molecule has 0 radical (unpaired) electrons. The van der Waals surface area contributed by atoms with E-state index in [4.69, 9.17) is 17.0 Å². The summed E-state index contributed by atoms with van der Waals surface area (Å²) in [5, 5.41) is 1.53. The summed E-state index contributed by atoms with van der Waals surface area (Å²) in [6, 6.07) is 9.38. The Labute approximate surface area is 201 Å². The van der Waals surface area contributed by atoms with E-state index >= 15 is 0 Å². The SMILES string of the molecule is CCCc1cc2c(-c3cc(C(F)(F)F)cc(C(F)(F)F)c3)c(CCC)ccc2[cH-]1.[Cl][Zr][Cl]. The maximum atomic E-state index is 13.4. The van der Waals surface area contributed by atoms with Gasteiger partial charge in [0.25, 0.3) is 0 Å². The molecule has 3 rings (SSSR count). The van der Waals surface area contributed by atoms with Crippen LogP contribution in [-0.4, -0.2) is 0 Å². The number of fused-ring (bicyclic) bond motifs is 1. The molecule has 0 nitrogen and oxygen atoms in total. The fraction of sp³-hybridized carbons (Fsp3) is 0.348. The topological polar surface area (TPSA) is 0 Å². The molecule has 32 heavy (non-hydrogen) atoms. The Kier molecular flexibility index (Phi) is 9.81. The van der Waals surface area contributed by atoms with Gasteiger partial charge >= 0.3 is 50.2 Å². The third-order valence-electron chi connectivity index (χ3n) is 4.97.